The van der Waals surface area contributed by atoms with Crippen molar-refractivity contribution in [2.45, 2.75) is 38.1 Å². The van der Waals surface area contributed by atoms with Gasteiger partial charge in [-0.25, -0.2) is 0 Å². The molecule has 4 aliphatic carbocycles. The Morgan fingerprint density at radius 1 is 1.04 bits per heavy atom. The number of amides is 1. The van der Waals surface area contributed by atoms with Gasteiger partial charge in [-0.1, -0.05) is 18.2 Å². The van der Waals surface area contributed by atoms with Gasteiger partial charge in [-0.2, -0.15) is 9.90 Å². The number of carbonyl (C=O) groups is 1. The molecule has 4 bridgehead atoms. The van der Waals surface area contributed by atoms with Crippen LogP contribution in [-0.4, -0.2) is 38.9 Å². The summed E-state index contributed by atoms with van der Waals surface area (Å²) in [6.07, 6.45) is 8.28. The minimum Gasteiger partial charge on any atom is -0.337 e. The quantitative estimate of drug-likeness (QED) is 0.865. The number of rotatable bonds is 3. The van der Waals surface area contributed by atoms with Crippen molar-refractivity contribution in [2.75, 3.05) is 7.05 Å². The van der Waals surface area contributed by atoms with Crippen molar-refractivity contribution in [3.63, 3.8) is 0 Å². The highest BCUT2D eigenvalue weighted by Crippen LogP contribution is 2.55. The van der Waals surface area contributed by atoms with Crippen molar-refractivity contribution in [1.29, 1.82) is 0 Å². The van der Waals surface area contributed by atoms with Crippen molar-refractivity contribution in [1.82, 2.24) is 19.9 Å². The van der Waals surface area contributed by atoms with Crippen LogP contribution in [-0.2, 0) is 0 Å². The van der Waals surface area contributed by atoms with Crippen LogP contribution in [0.5, 0.6) is 0 Å². The summed E-state index contributed by atoms with van der Waals surface area (Å²) in [6, 6.07) is 10.1. The van der Waals surface area contributed by atoms with Gasteiger partial charge in [-0.15, -0.1) is 5.10 Å². The van der Waals surface area contributed by atoms with E-state index in [0.717, 1.165) is 17.5 Å². The van der Waals surface area contributed by atoms with Crippen molar-refractivity contribution in [2.24, 2.45) is 23.7 Å². The predicted octanol–water partition coefficient (Wildman–Crippen LogP) is 3.16. The zero-order chi connectivity index (χ0) is 17.0. The highest BCUT2D eigenvalue weighted by atomic mass is 16.2. The van der Waals surface area contributed by atoms with Crippen molar-refractivity contribution < 1.29 is 4.79 Å². The average molecular weight is 336 g/mol. The molecule has 5 nitrogen and oxygen atoms in total. The maximum absolute atomic E-state index is 13.0. The summed E-state index contributed by atoms with van der Waals surface area (Å²) in [6.45, 7) is 0. The van der Waals surface area contributed by atoms with Gasteiger partial charge in [0.15, 0.2) is 5.69 Å². The second-order valence-corrected chi connectivity index (χ2v) is 8.19. The van der Waals surface area contributed by atoms with Gasteiger partial charge in [0.1, 0.15) is 0 Å². The Hall–Kier alpha value is -2.17. The minimum atomic E-state index is 0.0136. The van der Waals surface area contributed by atoms with E-state index in [1.54, 1.807) is 6.20 Å². The molecule has 1 heterocycles. The number of aromatic nitrogens is 3. The van der Waals surface area contributed by atoms with Crippen LogP contribution in [0.15, 0.2) is 36.5 Å². The van der Waals surface area contributed by atoms with Crippen LogP contribution in [0.25, 0.3) is 5.69 Å². The molecule has 4 saturated carbocycles. The lowest BCUT2D eigenvalue weighted by atomic mass is 9.54. The Morgan fingerprint density at radius 2 is 1.68 bits per heavy atom. The van der Waals surface area contributed by atoms with Crippen LogP contribution in [0.1, 0.15) is 42.6 Å². The van der Waals surface area contributed by atoms with E-state index in [1.165, 1.54) is 36.9 Å². The Balaban J connectivity index is 1.37. The number of benzene rings is 1. The SMILES string of the molecule is CN(C(=O)c1cnn(-c2ccccc2)n1)C1C2CC3CC(C2)CC1C3. The summed E-state index contributed by atoms with van der Waals surface area (Å²) < 4.78 is 0. The zero-order valence-electron chi connectivity index (χ0n) is 14.6. The summed E-state index contributed by atoms with van der Waals surface area (Å²) in [5.74, 6) is 3.23. The Bertz CT molecular complexity index is 756. The lowest BCUT2D eigenvalue weighted by Gasteiger charge is -2.56. The van der Waals surface area contributed by atoms with Gasteiger partial charge in [-0.3, -0.25) is 4.79 Å². The van der Waals surface area contributed by atoms with E-state index in [2.05, 4.69) is 10.2 Å². The van der Waals surface area contributed by atoms with Gasteiger partial charge in [0, 0.05) is 13.1 Å². The molecule has 0 aliphatic heterocycles. The molecule has 5 heteroatoms. The summed E-state index contributed by atoms with van der Waals surface area (Å²) in [5.41, 5.74) is 1.32. The molecule has 0 radical (unpaired) electrons. The van der Waals surface area contributed by atoms with E-state index in [4.69, 9.17) is 0 Å². The fraction of sp³-hybridized carbons (Fsp3) is 0.550. The van der Waals surface area contributed by atoms with E-state index < -0.39 is 0 Å². The molecule has 0 saturated heterocycles. The molecular weight excluding hydrogens is 312 g/mol. The van der Waals surface area contributed by atoms with Crippen LogP contribution in [0.3, 0.4) is 0 Å². The molecule has 1 aromatic heterocycles. The molecule has 4 fully saturated rings. The maximum Gasteiger partial charge on any atom is 0.276 e. The highest BCUT2D eigenvalue weighted by Gasteiger charge is 2.50. The average Bonchev–Trinajstić information content (AvgIpc) is 3.11. The van der Waals surface area contributed by atoms with Gasteiger partial charge in [0.2, 0.25) is 0 Å². The molecule has 4 aliphatic rings. The third kappa shape index (κ3) is 2.48. The molecule has 6 rings (SSSR count). The summed E-state index contributed by atoms with van der Waals surface area (Å²) in [7, 11) is 1.97. The predicted molar refractivity (Wildman–Crippen MR) is 94.3 cm³/mol. The third-order valence-corrected chi connectivity index (χ3v) is 6.64. The smallest absolute Gasteiger partial charge is 0.276 e. The van der Waals surface area contributed by atoms with Gasteiger partial charge in [0.05, 0.1) is 11.9 Å². The molecule has 0 spiro atoms. The van der Waals surface area contributed by atoms with Gasteiger partial charge < -0.3 is 4.90 Å². The van der Waals surface area contributed by atoms with E-state index in [-0.39, 0.29) is 5.91 Å². The normalized spacial score (nSPS) is 32.8. The molecule has 1 aromatic carbocycles. The molecule has 25 heavy (non-hydrogen) atoms. The molecule has 1 amide bonds. The van der Waals surface area contributed by atoms with E-state index in [0.29, 0.717) is 23.6 Å². The molecule has 0 atom stereocenters. The first-order valence-electron chi connectivity index (χ1n) is 9.44. The fourth-order valence-electron chi connectivity index (χ4n) is 5.89. The Kier molecular flexibility index (Phi) is 3.43. The van der Waals surface area contributed by atoms with Crippen molar-refractivity contribution >= 4 is 5.91 Å². The van der Waals surface area contributed by atoms with E-state index in [1.807, 2.05) is 42.3 Å². The first kappa shape index (κ1) is 15.1. The third-order valence-electron chi connectivity index (χ3n) is 6.64. The number of para-hydroxylation sites is 1. The number of carbonyl (C=O) groups excluding carboxylic acids is 1. The number of hydrogen-bond donors (Lipinski definition) is 0. The second-order valence-electron chi connectivity index (χ2n) is 8.19. The maximum atomic E-state index is 13.0. The minimum absolute atomic E-state index is 0.0136. The molecule has 2 aromatic rings. The highest BCUT2D eigenvalue weighted by molar-refractivity contribution is 5.92. The molecule has 0 N–H and O–H groups in total. The van der Waals surface area contributed by atoms with Gasteiger partial charge in [-0.05, 0) is 67.9 Å². The lowest BCUT2D eigenvalue weighted by Crippen LogP contribution is -2.56. The zero-order valence-corrected chi connectivity index (χ0v) is 14.6. The topological polar surface area (TPSA) is 51.0 Å². The fourth-order valence-corrected chi connectivity index (χ4v) is 5.89. The number of nitrogens with zero attached hydrogens (tertiary/aromatic N) is 4. The molecule has 0 unspecified atom stereocenters. The first-order valence-corrected chi connectivity index (χ1v) is 9.44. The Morgan fingerprint density at radius 3 is 2.32 bits per heavy atom. The largest absolute Gasteiger partial charge is 0.337 e. The van der Waals surface area contributed by atoms with Gasteiger partial charge >= 0.3 is 0 Å². The number of hydrogen-bond acceptors (Lipinski definition) is 3. The van der Waals surface area contributed by atoms with Crippen molar-refractivity contribution in [3.8, 4) is 5.69 Å². The van der Waals surface area contributed by atoms with Crippen LogP contribution in [0, 0.1) is 23.7 Å². The summed E-state index contributed by atoms with van der Waals surface area (Å²) in [5, 5.41) is 8.71. The van der Waals surface area contributed by atoms with Gasteiger partial charge in [0.25, 0.3) is 5.91 Å². The first-order chi connectivity index (χ1) is 12.2. The van der Waals surface area contributed by atoms with Crippen LogP contribution < -0.4 is 0 Å². The molecule has 130 valence electrons. The Labute approximate surface area is 148 Å². The lowest BCUT2D eigenvalue weighted by molar-refractivity contribution is -0.0492. The monoisotopic (exact) mass is 336 g/mol. The van der Waals surface area contributed by atoms with Crippen molar-refractivity contribution in [3.05, 3.63) is 42.2 Å². The van der Waals surface area contributed by atoms with E-state index >= 15 is 0 Å². The van der Waals surface area contributed by atoms with Crippen LogP contribution in [0.2, 0.25) is 0 Å². The summed E-state index contributed by atoms with van der Waals surface area (Å²) in [4.78, 5) is 16.5. The molecular formula is C20H24N4O. The van der Waals surface area contributed by atoms with E-state index in [9.17, 15) is 4.79 Å². The second kappa shape index (κ2) is 5.68. The summed E-state index contributed by atoms with van der Waals surface area (Å²) >= 11 is 0. The standard InChI is InChI=1S/C20H24N4O/c1-23(19-15-8-13-7-14(10-15)11-16(19)9-13)20(25)18-12-21-24(22-18)17-5-3-2-4-6-17/h2-6,12-16,19H,7-11H2,1H3. The van der Waals surface area contributed by atoms with Crippen LogP contribution in [0.4, 0.5) is 0 Å². The van der Waals surface area contributed by atoms with Crippen LogP contribution >= 0.6 is 0 Å².